The third-order valence-electron chi connectivity index (χ3n) is 3.52. The third-order valence-corrected chi connectivity index (χ3v) is 4.65. The molecule has 1 fully saturated rings. The van der Waals surface area contributed by atoms with E-state index in [2.05, 4.69) is 22.2 Å². The van der Waals surface area contributed by atoms with Crippen LogP contribution in [0.2, 0.25) is 0 Å². The van der Waals surface area contributed by atoms with Crippen LogP contribution in [0.3, 0.4) is 0 Å². The van der Waals surface area contributed by atoms with Gasteiger partial charge in [-0.3, -0.25) is 0 Å². The van der Waals surface area contributed by atoms with Gasteiger partial charge in [-0.05, 0) is 25.8 Å². The molecule has 1 unspecified atom stereocenters. The molecule has 2 heterocycles. The Hall–Kier alpha value is -1.01. The lowest BCUT2D eigenvalue weighted by Gasteiger charge is -2.22. The van der Waals surface area contributed by atoms with Gasteiger partial charge in [0.05, 0.1) is 0 Å². The molecule has 92 valence electrons. The fourth-order valence-electron chi connectivity index (χ4n) is 2.14. The van der Waals surface area contributed by atoms with E-state index in [0.717, 1.165) is 22.2 Å². The summed E-state index contributed by atoms with van der Waals surface area (Å²) in [5, 5.41) is 14.3. The Balaban J connectivity index is 1.93. The number of rotatable bonds is 4. The highest BCUT2D eigenvalue weighted by Crippen LogP contribution is 2.36. The minimum atomic E-state index is 0.418. The van der Waals surface area contributed by atoms with Crippen LogP contribution in [0, 0.1) is 0 Å². The maximum atomic E-state index is 5.59. The lowest BCUT2D eigenvalue weighted by Crippen LogP contribution is -2.13. The average molecular weight is 251 g/mol. The average Bonchev–Trinajstić information content (AvgIpc) is 2.78. The lowest BCUT2D eigenvalue weighted by atomic mass is 9.85. The molecule has 2 aromatic rings. The van der Waals surface area contributed by atoms with E-state index in [0.29, 0.717) is 18.4 Å². The van der Waals surface area contributed by atoms with E-state index >= 15 is 0 Å². The molecule has 0 radical (unpaired) electrons. The Morgan fingerprint density at radius 3 is 2.94 bits per heavy atom. The van der Waals surface area contributed by atoms with Gasteiger partial charge >= 0.3 is 0 Å². The fraction of sp³-hybridized carbons (Fsp3) is 0.727. The van der Waals surface area contributed by atoms with Crippen molar-refractivity contribution in [3.05, 3.63) is 10.8 Å². The van der Waals surface area contributed by atoms with E-state index < -0.39 is 0 Å². The molecule has 0 bridgehead atoms. The summed E-state index contributed by atoms with van der Waals surface area (Å²) < 4.78 is 1.94. The lowest BCUT2D eigenvalue weighted by molar-refractivity contribution is 0.394. The van der Waals surface area contributed by atoms with Crippen LogP contribution in [0.25, 0.3) is 4.96 Å². The van der Waals surface area contributed by atoms with E-state index in [1.54, 1.807) is 11.3 Å². The Morgan fingerprint density at radius 2 is 2.29 bits per heavy atom. The zero-order chi connectivity index (χ0) is 11.8. The van der Waals surface area contributed by atoms with Crippen LogP contribution < -0.4 is 5.73 Å². The van der Waals surface area contributed by atoms with E-state index in [1.807, 2.05) is 4.52 Å². The zero-order valence-corrected chi connectivity index (χ0v) is 10.8. The molecule has 0 aromatic carbocycles. The molecule has 2 aromatic heterocycles. The van der Waals surface area contributed by atoms with Crippen molar-refractivity contribution < 1.29 is 0 Å². The minimum absolute atomic E-state index is 0.418. The van der Waals surface area contributed by atoms with E-state index in [1.165, 1.54) is 19.3 Å². The fourth-order valence-corrected chi connectivity index (χ4v) is 3.07. The molecule has 0 amide bonds. The molecule has 1 atom stereocenters. The van der Waals surface area contributed by atoms with Gasteiger partial charge in [0.1, 0.15) is 5.01 Å². The van der Waals surface area contributed by atoms with Crippen LogP contribution in [0.15, 0.2) is 0 Å². The normalized spacial score (nSPS) is 18.5. The van der Waals surface area contributed by atoms with Gasteiger partial charge in [-0.25, -0.2) is 0 Å². The van der Waals surface area contributed by atoms with Crippen LogP contribution in [-0.4, -0.2) is 26.4 Å². The van der Waals surface area contributed by atoms with Crippen molar-refractivity contribution in [2.75, 3.05) is 6.54 Å². The molecule has 2 N–H and O–H groups in total. The number of hydrogen-bond acceptors (Lipinski definition) is 5. The highest BCUT2D eigenvalue weighted by Gasteiger charge is 2.26. The van der Waals surface area contributed by atoms with Crippen molar-refractivity contribution in [1.82, 2.24) is 19.8 Å². The monoisotopic (exact) mass is 251 g/mol. The van der Waals surface area contributed by atoms with E-state index in [-0.39, 0.29) is 0 Å². The predicted octanol–water partition coefficient (Wildman–Crippen LogP) is 1.91. The van der Waals surface area contributed by atoms with Crippen molar-refractivity contribution in [2.24, 2.45) is 5.73 Å². The Kier molecular flexibility index (Phi) is 2.84. The highest BCUT2D eigenvalue weighted by molar-refractivity contribution is 7.16. The molecule has 1 aliphatic rings. The first-order valence-corrected chi connectivity index (χ1v) is 7.03. The molecule has 3 rings (SSSR count). The minimum Gasteiger partial charge on any atom is -0.330 e. The van der Waals surface area contributed by atoms with E-state index in [9.17, 15) is 0 Å². The molecule has 0 aliphatic heterocycles. The van der Waals surface area contributed by atoms with Crippen LogP contribution in [0.1, 0.15) is 55.3 Å². The summed E-state index contributed by atoms with van der Waals surface area (Å²) in [4.78, 5) is 0.922. The second kappa shape index (κ2) is 4.34. The molecular formula is C11H17N5S. The molecular weight excluding hydrogens is 234 g/mol. The van der Waals surface area contributed by atoms with Crippen LogP contribution in [0.5, 0.6) is 0 Å². The Labute approximate surface area is 104 Å². The van der Waals surface area contributed by atoms with Crippen molar-refractivity contribution in [1.29, 1.82) is 0 Å². The van der Waals surface area contributed by atoms with Crippen LogP contribution in [0.4, 0.5) is 0 Å². The zero-order valence-electron chi connectivity index (χ0n) is 9.96. The van der Waals surface area contributed by atoms with E-state index in [4.69, 9.17) is 5.73 Å². The van der Waals surface area contributed by atoms with Gasteiger partial charge in [0.25, 0.3) is 0 Å². The van der Waals surface area contributed by atoms with Gasteiger partial charge in [-0.2, -0.15) is 9.61 Å². The first-order valence-electron chi connectivity index (χ1n) is 6.21. The molecule has 6 heteroatoms. The molecule has 17 heavy (non-hydrogen) atoms. The van der Waals surface area contributed by atoms with Crippen molar-refractivity contribution in [2.45, 2.75) is 44.4 Å². The van der Waals surface area contributed by atoms with Gasteiger partial charge in [0.15, 0.2) is 5.82 Å². The van der Waals surface area contributed by atoms with Crippen LogP contribution >= 0.6 is 11.3 Å². The summed E-state index contributed by atoms with van der Waals surface area (Å²) in [5.74, 6) is 2.04. The quantitative estimate of drug-likeness (QED) is 0.901. The second-order valence-electron chi connectivity index (χ2n) is 4.80. The highest BCUT2D eigenvalue weighted by atomic mass is 32.1. The topological polar surface area (TPSA) is 69.1 Å². The Morgan fingerprint density at radius 1 is 1.47 bits per heavy atom. The predicted molar refractivity (Wildman–Crippen MR) is 67.3 cm³/mol. The van der Waals surface area contributed by atoms with Gasteiger partial charge in [0, 0.05) is 11.8 Å². The number of nitrogens with zero attached hydrogens (tertiary/aromatic N) is 4. The molecule has 0 spiro atoms. The van der Waals surface area contributed by atoms with Gasteiger partial charge in [-0.1, -0.05) is 24.7 Å². The summed E-state index contributed by atoms with van der Waals surface area (Å²) >= 11 is 1.64. The SMILES string of the molecule is CC(CCN)c1nn2c(C3CCC3)nnc2s1. The van der Waals surface area contributed by atoms with Gasteiger partial charge in [0.2, 0.25) is 4.96 Å². The summed E-state index contributed by atoms with van der Waals surface area (Å²) in [6.45, 7) is 2.87. The summed E-state index contributed by atoms with van der Waals surface area (Å²) in [7, 11) is 0. The number of hydrogen-bond donors (Lipinski definition) is 1. The van der Waals surface area contributed by atoms with Crippen LogP contribution in [-0.2, 0) is 0 Å². The second-order valence-corrected chi connectivity index (χ2v) is 5.79. The van der Waals surface area contributed by atoms with Crippen molar-refractivity contribution >= 4 is 16.3 Å². The molecule has 1 saturated carbocycles. The molecule has 5 nitrogen and oxygen atoms in total. The summed E-state index contributed by atoms with van der Waals surface area (Å²) in [5.41, 5.74) is 5.59. The third kappa shape index (κ3) is 1.85. The number of fused-ring (bicyclic) bond motifs is 1. The summed E-state index contributed by atoms with van der Waals surface area (Å²) in [6, 6.07) is 0. The number of nitrogens with two attached hydrogens (primary N) is 1. The largest absolute Gasteiger partial charge is 0.330 e. The number of aromatic nitrogens is 4. The maximum absolute atomic E-state index is 5.59. The maximum Gasteiger partial charge on any atom is 0.234 e. The smallest absolute Gasteiger partial charge is 0.234 e. The van der Waals surface area contributed by atoms with Crippen molar-refractivity contribution in [3.63, 3.8) is 0 Å². The molecule has 1 aliphatic carbocycles. The standard InChI is InChI=1S/C11H17N5S/c1-7(5-6-12)10-15-16-9(8-3-2-4-8)13-14-11(16)17-10/h7-8H,2-6,12H2,1H3. The van der Waals surface area contributed by atoms with Gasteiger partial charge in [-0.15, -0.1) is 10.2 Å². The Bertz CT molecular complexity index is 513. The first kappa shape index (κ1) is 11.1. The van der Waals surface area contributed by atoms with Crippen molar-refractivity contribution in [3.8, 4) is 0 Å². The summed E-state index contributed by atoms with van der Waals surface area (Å²) in [6.07, 6.45) is 4.74. The van der Waals surface area contributed by atoms with Gasteiger partial charge < -0.3 is 5.73 Å². The molecule has 0 saturated heterocycles. The first-order chi connectivity index (χ1) is 8.29.